The van der Waals surface area contributed by atoms with Crippen LogP contribution in [-0.4, -0.2) is 76.2 Å². The van der Waals surface area contributed by atoms with Crippen molar-refractivity contribution in [3.8, 4) is 0 Å². The van der Waals surface area contributed by atoms with Gasteiger partial charge in [-0.1, -0.05) is 0 Å². The third-order valence-corrected chi connectivity index (χ3v) is 0. The van der Waals surface area contributed by atoms with Gasteiger partial charge in [-0.2, -0.15) is 0 Å². The van der Waals surface area contributed by atoms with Crippen LogP contribution in [0, 0.1) is 0 Å². The smallest absolute Gasteiger partial charge is 0 e. The molecule has 0 spiro atoms. The van der Waals surface area contributed by atoms with Gasteiger partial charge in [0.15, 0.2) is 0 Å². The van der Waals surface area contributed by atoms with Crippen LogP contribution in [0.25, 0.3) is 0 Å². The van der Waals surface area contributed by atoms with E-state index in [0.717, 1.165) is 0 Å². The Labute approximate surface area is 96.5 Å². The normalized spacial score (nSPS) is 0. The van der Waals surface area contributed by atoms with Crippen LogP contribution >= 0.6 is 0 Å². The van der Waals surface area contributed by atoms with Crippen LogP contribution in [0.15, 0.2) is 0 Å². The van der Waals surface area contributed by atoms with Gasteiger partial charge in [-0.3, -0.25) is 0 Å². The van der Waals surface area contributed by atoms with Crippen LogP contribution in [0.2, 0.25) is 0 Å². The van der Waals surface area contributed by atoms with Crippen molar-refractivity contribution in [2.45, 2.75) is 0 Å². The fourth-order valence-corrected chi connectivity index (χ4v) is 0. The zero-order chi connectivity index (χ0) is 0. The predicted octanol–water partition coefficient (Wildman–Crippen LogP) is -1.14. The van der Waals surface area contributed by atoms with E-state index >= 15 is 0 Å². The minimum atomic E-state index is 0. The molecule has 0 aliphatic heterocycles. The second-order valence-electron chi connectivity index (χ2n) is 0. The summed E-state index contributed by atoms with van der Waals surface area (Å²) in [5.74, 6) is 0. The largest absolute Gasteiger partial charge is 0 e. The Bertz CT molecular complexity index is 8.00. The summed E-state index contributed by atoms with van der Waals surface area (Å²) in [6.45, 7) is 0. The van der Waals surface area contributed by atoms with Gasteiger partial charge in [0.2, 0.25) is 0 Å². The standard InChI is InChI=1S/In.Mg.Nb.Pb. The molecule has 4 heavy (non-hydrogen) atoms. The van der Waals surface area contributed by atoms with Gasteiger partial charge in [-0.05, 0) is 0 Å². The van der Waals surface area contributed by atoms with E-state index < -0.39 is 0 Å². The molecule has 0 unspecified atom stereocenters. The van der Waals surface area contributed by atoms with E-state index in [0.29, 0.717) is 0 Å². The number of hydrogen-bond acceptors (Lipinski definition) is 0. The average molecular weight is 439 g/mol. The molecular formula is InMgNbPb. The summed E-state index contributed by atoms with van der Waals surface area (Å²) >= 11 is 0. The fourth-order valence-electron chi connectivity index (χ4n) is 0. The van der Waals surface area contributed by atoms with Gasteiger partial charge in [0.1, 0.15) is 0 Å². The van der Waals surface area contributed by atoms with Gasteiger partial charge in [-0.25, -0.2) is 0 Å². The molecule has 4 heteroatoms. The minimum Gasteiger partial charge on any atom is 0 e. The topological polar surface area (TPSA) is 0 Å². The van der Waals surface area contributed by atoms with Crippen LogP contribution in [0.1, 0.15) is 0 Å². The van der Waals surface area contributed by atoms with E-state index in [9.17, 15) is 0 Å². The van der Waals surface area contributed by atoms with E-state index in [-0.39, 0.29) is 98.6 Å². The van der Waals surface area contributed by atoms with Gasteiger partial charge in [-0.15, -0.1) is 0 Å². The summed E-state index contributed by atoms with van der Waals surface area (Å²) in [6, 6.07) is 0. The summed E-state index contributed by atoms with van der Waals surface area (Å²) in [5, 5.41) is 0. The van der Waals surface area contributed by atoms with Crippen molar-refractivity contribution in [3.63, 3.8) is 0 Å². The molecule has 0 rings (SSSR count). The average Bonchev–Trinajstić information content (AvgIpc) is 0. The Morgan fingerprint density at radius 1 is 1.00 bits per heavy atom. The molecule has 0 aromatic carbocycles. The molecule has 0 amide bonds. The second-order valence-corrected chi connectivity index (χ2v) is 0. The molecule has 0 saturated carbocycles. The first-order chi connectivity index (χ1) is 0. The van der Waals surface area contributed by atoms with E-state index in [2.05, 4.69) is 0 Å². The quantitative estimate of drug-likeness (QED) is 0.419. The van der Waals surface area contributed by atoms with Crippen molar-refractivity contribution in [2.75, 3.05) is 0 Å². The van der Waals surface area contributed by atoms with E-state index in [1.54, 1.807) is 0 Å². The molecule has 0 N–H and O–H groups in total. The molecule has 0 atom stereocenters. The molecule has 0 bridgehead atoms. The van der Waals surface area contributed by atoms with Crippen LogP contribution in [0.5, 0.6) is 0 Å². The van der Waals surface area contributed by atoms with Crippen LogP contribution in [0.4, 0.5) is 0 Å². The molecule has 0 nitrogen and oxygen atoms in total. The van der Waals surface area contributed by atoms with E-state index in [1.165, 1.54) is 0 Å². The molecule has 0 aromatic heterocycles. The monoisotopic (exact) mass is 440 g/mol. The van der Waals surface area contributed by atoms with Crippen LogP contribution in [-0.2, 0) is 22.4 Å². The van der Waals surface area contributed by atoms with Gasteiger partial charge in [0.05, 0.1) is 0 Å². The van der Waals surface area contributed by atoms with Crippen molar-refractivity contribution in [3.05, 3.63) is 0 Å². The second kappa shape index (κ2) is 16.3. The Balaban J connectivity index is 0. The zero-order valence-electron chi connectivity index (χ0n) is 2.23. The third kappa shape index (κ3) is 9.00. The Hall–Kier alpha value is 3.30. The van der Waals surface area contributed by atoms with Crippen molar-refractivity contribution >= 4 is 76.2 Å². The summed E-state index contributed by atoms with van der Waals surface area (Å²) in [5.41, 5.74) is 0. The number of rotatable bonds is 0. The molecule has 0 fully saturated rings. The molecule has 0 saturated heterocycles. The number of hydrogen-bond donors (Lipinski definition) is 0. The van der Waals surface area contributed by atoms with E-state index in [4.69, 9.17) is 0 Å². The maximum Gasteiger partial charge on any atom is 0 e. The Kier molecular flexibility index (Phi) is 108. The maximum atomic E-state index is 0. The summed E-state index contributed by atoms with van der Waals surface area (Å²) in [6.07, 6.45) is 0. The van der Waals surface area contributed by atoms with Crippen LogP contribution in [0.3, 0.4) is 0 Å². The molecular weight excluding hydrogens is 439 g/mol. The zero-order valence-corrected chi connectivity index (χ0v) is 13.0. The minimum absolute atomic E-state index is 0. The summed E-state index contributed by atoms with van der Waals surface area (Å²) in [7, 11) is 0. The van der Waals surface area contributed by atoms with Gasteiger partial charge in [0, 0.05) is 98.6 Å². The van der Waals surface area contributed by atoms with Gasteiger partial charge < -0.3 is 0 Å². The van der Waals surface area contributed by atoms with Crippen LogP contribution < -0.4 is 0 Å². The molecule has 0 aliphatic rings. The Morgan fingerprint density at radius 3 is 1.00 bits per heavy atom. The fraction of sp³-hybridized carbons (Fsp3) is 0. The van der Waals surface area contributed by atoms with Gasteiger partial charge in [0.25, 0.3) is 0 Å². The Morgan fingerprint density at radius 2 is 1.00 bits per heavy atom. The first-order valence-corrected chi connectivity index (χ1v) is 0. The van der Waals surface area contributed by atoms with Crippen molar-refractivity contribution in [1.29, 1.82) is 0 Å². The molecule has 14 valence electrons. The molecule has 0 aliphatic carbocycles. The van der Waals surface area contributed by atoms with E-state index in [1.807, 2.05) is 0 Å². The molecule has 10 radical (unpaired) electrons. The summed E-state index contributed by atoms with van der Waals surface area (Å²) < 4.78 is 0. The van der Waals surface area contributed by atoms with Crippen molar-refractivity contribution in [1.82, 2.24) is 0 Å². The first-order valence-electron chi connectivity index (χ1n) is 0. The van der Waals surface area contributed by atoms with Crippen molar-refractivity contribution in [2.24, 2.45) is 0 Å². The summed E-state index contributed by atoms with van der Waals surface area (Å²) in [4.78, 5) is 0. The SMILES string of the molecule is [In].[Mg].[Nb].[Pb]. The third-order valence-electron chi connectivity index (χ3n) is 0. The van der Waals surface area contributed by atoms with Crippen molar-refractivity contribution < 1.29 is 22.4 Å². The predicted molar refractivity (Wildman–Crippen MR) is 17.3 cm³/mol. The van der Waals surface area contributed by atoms with Gasteiger partial charge >= 0.3 is 0 Å². The maximum absolute atomic E-state index is 0. The first kappa shape index (κ1) is 26.6. The molecule has 0 aromatic rings. The molecule has 0 heterocycles.